The molecule has 84 valence electrons. The van der Waals surface area contributed by atoms with Crippen LogP contribution in [0.25, 0.3) is 0 Å². The summed E-state index contributed by atoms with van der Waals surface area (Å²) in [4.78, 5) is 17.3. The van der Waals surface area contributed by atoms with Crippen molar-refractivity contribution in [2.45, 2.75) is 26.4 Å². The molecule has 0 heterocycles. The highest BCUT2D eigenvalue weighted by atomic mass is 32.2. The predicted octanol–water partition coefficient (Wildman–Crippen LogP) is -0.191. The minimum atomic E-state index is -3.77. The van der Waals surface area contributed by atoms with Crippen LogP contribution in [-0.2, 0) is 24.4 Å². The molecular weight excluding hydrogens is 210 g/mol. The van der Waals surface area contributed by atoms with E-state index in [0.717, 1.165) is 7.11 Å². The zero-order valence-electron chi connectivity index (χ0n) is 8.66. The maximum atomic E-state index is 11.1. The second-order valence-corrected chi connectivity index (χ2v) is 5.32. The Morgan fingerprint density at radius 1 is 1.36 bits per heavy atom. The van der Waals surface area contributed by atoms with Gasteiger partial charge in [0.1, 0.15) is 0 Å². The zero-order chi connectivity index (χ0) is 11.4. The number of carbonyl (C=O) groups excluding carboxylic acids is 1. The van der Waals surface area contributed by atoms with Crippen LogP contribution < -0.4 is 4.89 Å². The van der Waals surface area contributed by atoms with Crippen molar-refractivity contribution in [3.05, 3.63) is 0 Å². The first-order valence-electron chi connectivity index (χ1n) is 3.90. The molecule has 0 unspecified atom stereocenters. The Kier molecular flexibility index (Phi) is 4.50. The average molecular weight is 225 g/mol. The van der Waals surface area contributed by atoms with Gasteiger partial charge >= 0.3 is 5.97 Å². The van der Waals surface area contributed by atoms with Gasteiger partial charge in [-0.1, -0.05) is 4.89 Å². The highest BCUT2D eigenvalue weighted by molar-refractivity contribution is 7.90. The molecule has 0 aliphatic rings. The van der Waals surface area contributed by atoms with Gasteiger partial charge in [-0.05, 0) is 20.8 Å². The van der Waals surface area contributed by atoms with E-state index in [1.165, 1.54) is 0 Å². The first-order chi connectivity index (χ1) is 6.16. The van der Waals surface area contributed by atoms with Gasteiger partial charge in [0.05, 0.1) is 12.7 Å². The van der Waals surface area contributed by atoms with Crippen LogP contribution in [0.5, 0.6) is 0 Å². The monoisotopic (exact) mass is 225 g/mol. The van der Waals surface area contributed by atoms with Gasteiger partial charge in [-0.3, -0.25) is 9.63 Å². The third kappa shape index (κ3) is 6.81. The van der Waals surface area contributed by atoms with Gasteiger partial charge in [0, 0.05) is 0 Å². The summed E-state index contributed by atoms with van der Waals surface area (Å²) in [6, 6.07) is 0. The third-order valence-electron chi connectivity index (χ3n) is 1.01. The van der Waals surface area contributed by atoms with Crippen molar-refractivity contribution in [3.63, 3.8) is 0 Å². The summed E-state index contributed by atoms with van der Waals surface area (Å²) < 4.78 is 26.4. The Hall–Kier alpha value is -0.660. The van der Waals surface area contributed by atoms with Gasteiger partial charge < -0.3 is 4.74 Å². The lowest BCUT2D eigenvalue weighted by atomic mass is 10.2. The van der Waals surface area contributed by atoms with E-state index in [-0.39, 0.29) is 0 Å². The molecule has 0 aliphatic heterocycles. The summed E-state index contributed by atoms with van der Waals surface area (Å²) in [6.45, 7) is 5.02. The molecule has 0 atom stereocenters. The number of nitrogens with one attached hydrogen (secondary N) is 1. The van der Waals surface area contributed by atoms with E-state index in [4.69, 9.17) is 4.84 Å². The second-order valence-electron chi connectivity index (χ2n) is 3.63. The first-order valence-corrected chi connectivity index (χ1v) is 5.56. The van der Waals surface area contributed by atoms with Crippen molar-refractivity contribution in [1.82, 2.24) is 4.89 Å². The highest BCUT2D eigenvalue weighted by Gasteiger charge is 2.20. The van der Waals surface area contributed by atoms with Crippen molar-refractivity contribution in [3.8, 4) is 0 Å². The van der Waals surface area contributed by atoms with E-state index < -0.39 is 27.3 Å². The number of hydrogen-bond acceptors (Lipinski definition) is 5. The van der Waals surface area contributed by atoms with Crippen LogP contribution in [0.4, 0.5) is 0 Å². The van der Waals surface area contributed by atoms with E-state index in [1.807, 2.05) is 4.89 Å². The lowest BCUT2D eigenvalue weighted by Gasteiger charge is -2.18. The number of methoxy groups -OCH3 is 1. The minimum absolute atomic E-state index is 0.650. The van der Waals surface area contributed by atoms with Gasteiger partial charge in [-0.2, -0.15) is 0 Å². The van der Waals surface area contributed by atoms with Gasteiger partial charge in [-0.15, -0.1) is 0 Å². The topological polar surface area (TPSA) is 81.7 Å². The SMILES string of the molecule is COC(=O)CS(=O)(=O)NOC(C)(C)C. The van der Waals surface area contributed by atoms with Crippen molar-refractivity contribution in [2.24, 2.45) is 0 Å². The number of rotatable bonds is 4. The molecule has 0 fully saturated rings. The van der Waals surface area contributed by atoms with Crippen LogP contribution in [0.2, 0.25) is 0 Å². The minimum Gasteiger partial charge on any atom is -0.468 e. The molecule has 7 heteroatoms. The molecule has 14 heavy (non-hydrogen) atoms. The summed E-state index contributed by atoms with van der Waals surface area (Å²) in [5.74, 6) is -1.59. The first kappa shape index (κ1) is 13.3. The zero-order valence-corrected chi connectivity index (χ0v) is 9.47. The number of carbonyl (C=O) groups is 1. The van der Waals surface area contributed by atoms with Crippen molar-refractivity contribution < 1.29 is 22.8 Å². The normalized spacial score (nSPS) is 12.6. The van der Waals surface area contributed by atoms with Gasteiger partial charge in [0.25, 0.3) is 0 Å². The van der Waals surface area contributed by atoms with Crippen molar-refractivity contribution in [1.29, 1.82) is 0 Å². The Balaban J connectivity index is 4.17. The summed E-state index contributed by atoms with van der Waals surface area (Å²) in [5, 5.41) is 0. The fraction of sp³-hybridized carbons (Fsp3) is 0.857. The molecule has 1 N–H and O–H groups in total. The number of hydrogen-bond donors (Lipinski definition) is 1. The number of sulfonamides is 1. The van der Waals surface area contributed by atoms with Crippen LogP contribution in [0.3, 0.4) is 0 Å². The van der Waals surface area contributed by atoms with E-state index in [1.54, 1.807) is 20.8 Å². The van der Waals surface area contributed by atoms with E-state index in [9.17, 15) is 13.2 Å². The number of ether oxygens (including phenoxy) is 1. The maximum Gasteiger partial charge on any atom is 0.322 e. The largest absolute Gasteiger partial charge is 0.468 e. The second kappa shape index (κ2) is 4.72. The quantitative estimate of drug-likeness (QED) is 0.529. The molecule has 0 saturated heterocycles. The fourth-order valence-corrected chi connectivity index (χ4v) is 1.30. The van der Waals surface area contributed by atoms with Crippen LogP contribution in [0.15, 0.2) is 0 Å². The van der Waals surface area contributed by atoms with E-state index in [2.05, 4.69) is 4.74 Å². The fourth-order valence-electron chi connectivity index (χ4n) is 0.432. The third-order valence-corrected chi connectivity index (χ3v) is 1.96. The van der Waals surface area contributed by atoms with Crippen LogP contribution in [-0.4, -0.2) is 32.9 Å². The molecule has 0 spiro atoms. The Morgan fingerprint density at radius 2 is 1.86 bits per heavy atom. The molecule has 0 bridgehead atoms. The van der Waals surface area contributed by atoms with Gasteiger partial charge in [0.2, 0.25) is 10.0 Å². The Bertz CT molecular complexity index is 290. The smallest absolute Gasteiger partial charge is 0.322 e. The molecule has 0 aromatic heterocycles. The van der Waals surface area contributed by atoms with Gasteiger partial charge in [0.15, 0.2) is 5.75 Å². The molecule has 0 aromatic carbocycles. The molecule has 0 saturated carbocycles. The van der Waals surface area contributed by atoms with Crippen molar-refractivity contribution in [2.75, 3.05) is 12.9 Å². The molecule has 0 radical (unpaired) electrons. The maximum absolute atomic E-state index is 11.1. The standard InChI is InChI=1S/C7H15NO5S/c1-7(2,3)13-8-14(10,11)5-6(9)12-4/h8H,5H2,1-4H3. The Labute approximate surface area is 83.6 Å². The lowest BCUT2D eigenvalue weighted by Crippen LogP contribution is -2.36. The van der Waals surface area contributed by atoms with Gasteiger partial charge in [-0.25, -0.2) is 8.42 Å². The molecule has 0 aromatic rings. The summed E-state index contributed by atoms with van der Waals surface area (Å²) >= 11 is 0. The summed E-state index contributed by atoms with van der Waals surface area (Å²) in [7, 11) is -2.66. The highest BCUT2D eigenvalue weighted by Crippen LogP contribution is 2.04. The average Bonchev–Trinajstić information content (AvgIpc) is 1.99. The van der Waals surface area contributed by atoms with Crippen LogP contribution in [0, 0.1) is 0 Å². The molecular formula is C7H15NO5S. The molecule has 0 amide bonds. The van der Waals surface area contributed by atoms with E-state index in [0.29, 0.717) is 0 Å². The Morgan fingerprint density at radius 3 is 2.21 bits per heavy atom. The van der Waals surface area contributed by atoms with Crippen LogP contribution >= 0.6 is 0 Å². The molecule has 0 aliphatic carbocycles. The summed E-state index contributed by atoms with van der Waals surface area (Å²) in [6.07, 6.45) is 0. The van der Waals surface area contributed by atoms with Crippen molar-refractivity contribution >= 4 is 16.0 Å². The summed E-state index contributed by atoms with van der Waals surface area (Å²) in [5.41, 5.74) is -0.650. The predicted molar refractivity (Wildman–Crippen MR) is 49.8 cm³/mol. The number of esters is 1. The molecule has 0 rings (SSSR count). The van der Waals surface area contributed by atoms with E-state index >= 15 is 0 Å². The molecule has 6 nitrogen and oxygen atoms in total. The lowest BCUT2D eigenvalue weighted by molar-refractivity contribution is -0.137. The van der Waals surface area contributed by atoms with Crippen LogP contribution in [0.1, 0.15) is 20.8 Å².